The predicted octanol–water partition coefficient (Wildman–Crippen LogP) is -0.454. The van der Waals surface area contributed by atoms with Gasteiger partial charge in [-0.1, -0.05) is 0 Å². The maximum Gasteiger partial charge on any atom is 0.337 e. The Hall–Kier alpha value is -1.23. The van der Waals surface area contributed by atoms with Crippen molar-refractivity contribution in [2.45, 2.75) is 12.8 Å². The molecule has 0 radical (unpaired) electrons. The number of aromatic nitrogens is 4. The number of anilines is 1. The van der Waals surface area contributed by atoms with Crippen LogP contribution in [0.15, 0.2) is 11.1 Å². The molecule has 14 heteroatoms. The molecule has 3 heterocycles. The highest BCUT2D eigenvalue weighted by Crippen LogP contribution is 2.52. The van der Waals surface area contributed by atoms with Crippen molar-refractivity contribution in [2.24, 2.45) is 0 Å². The molecule has 0 saturated carbocycles. The number of nitrogens with one attached hydrogen (secondary N) is 1. The first-order chi connectivity index (χ1) is 11.0. The van der Waals surface area contributed by atoms with Crippen molar-refractivity contribution in [1.29, 1.82) is 0 Å². The topological polar surface area (TPSA) is 167 Å². The molecule has 1 aliphatic rings. The summed E-state index contributed by atoms with van der Waals surface area (Å²) in [6.07, 6.45) is 0.785. The Balaban J connectivity index is 1.62. The second kappa shape index (κ2) is 7.12. The SMILES string of the molecule is Nc1nc2c(ncn2COCC2COP(O)OP(O)O2)c(=O)[nH]1. The Morgan fingerprint density at radius 1 is 1.52 bits per heavy atom. The van der Waals surface area contributed by atoms with E-state index in [9.17, 15) is 14.6 Å². The molecule has 1 fully saturated rings. The molecule has 3 rings (SSSR count). The molecule has 0 bridgehead atoms. The lowest BCUT2D eigenvalue weighted by Gasteiger charge is -2.15. The molecular weight excluding hydrogens is 352 g/mol. The lowest BCUT2D eigenvalue weighted by molar-refractivity contribution is 0.00229. The van der Waals surface area contributed by atoms with Gasteiger partial charge in [-0.15, -0.1) is 0 Å². The van der Waals surface area contributed by atoms with E-state index in [1.165, 1.54) is 10.9 Å². The van der Waals surface area contributed by atoms with Crippen molar-refractivity contribution >= 4 is 34.3 Å². The number of rotatable bonds is 4. The standard InChI is InChI=1S/C9H13N5O7P2/c10-9-12-7-6(8(15)13-9)11-3-14(7)4-18-1-5-2-19-22(16)21-23(17)20-5/h3,5,16-17H,1-2,4H2,(H3,10,12,13,15). The van der Waals surface area contributed by atoms with Crippen molar-refractivity contribution in [3.8, 4) is 0 Å². The van der Waals surface area contributed by atoms with E-state index in [1.807, 2.05) is 0 Å². The number of H-pyrrole nitrogens is 1. The summed E-state index contributed by atoms with van der Waals surface area (Å²) < 4.78 is 21.6. The van der Waals surface area contributed by atoms with Crippen LogP contribution in [0.2, 0.25) is 0 Å². The van der Waals surface area contributed by atoms with Gasteiger partial charge in [0.1, 0.15) is 12.8 Å². The van der Waals surface area contributed by atoms with Gasteiger partial charge in [0.05, 0.1) is 19.5 Å². The van der Waals surface area contributed by atoms with Crippen LogP contribution in [-0.4, -0.2) is 48.6 Å². The first-order valence-corrected chi connectivity index (χ1v) is 8.53. The normalized spacial score (nSPS) is 25.6. The number of nitrogen functional groups attached to an aromatic ring is 1. The number of hydrogen-bond acceptors (Lipinski definition) is 10. The van der Waals surface area contributed by atoms with Crippen LogP contribution in [0.25, 0.3) is 11.2 Å². The Kier molecular flexibility index (Phi) is 5.14. The van der Waals surface area contributed by atoms with E-state index in [2.05, 4.69) is 19.3 Å². The molecule has 1 saturated heterocycles. The molecule has 0 aliphatic carbocycles. The summed E-state index contributed by atoms with van der Waals surface area (Å²) in [6.45, 7) is 0.103. The zero-order valence-corrected chi connectivity index (χ0v) is 13.3. The van der Waals surface area contributed by atoms with Crippen LogP contribution < -0.4 is 11.3 Å². The fraction of sp³-hybridized carbons (Fsp3) is 0.444. The second-order valence-corrected chi connectivity index (χ2v) is 6.49. The minimum atomic E-state index is -2.22. The van der Waals surface area contributed by atoms with Crippen LogP contribution in [0.5, 0.6) is 0 Å². The largest absolute Gasteiger partial charge is 0.369 e. The van der Waals surface area contributed by atoms with Gasteiger partial charge in [0.25, 0.3) is 5.56 Å². The van der Waals surface area contributed by atoms with Crippen LogP contribution in [-0.2, 0) is 24.8 Å². The van der Waals surface area contributed by atoms with Crippen molar-refractivity contribution in [3.63, 3.8) is 0 Å². The summed E-state index contributed by atoms with van der Waals surface area (Å²) in [5.41, 5.74) is 5.49. The molecule has 2 aromatic heterocycles. The molecule has 1 aliphatic heterocycles. The van der Waals surface area contributed by atoms with Crippen LogP contribution in [0.4, 0.5) is 5.95 Å². The summed E-state index contributed by atoms with van der Waals surface area (Å²) in [6, 6.07) is 0. The van der Waals surface area contributed by atoms with Crippen LogP contribution >= 0.6 is 17.2 Å². The lowest BCUT2D eigenvalue weighted by Crippen LogP contribution is -2.22. The summed E-state index contributed by atoms with van der Waals surface area (Å²) in [4.78, 5) is 40.5. The molecule has 23 heavy (non-hydrogen) atoms. The Morgan fingerprint density at radius 2 is 2.35 bits per heavy atom. The molecule has 0 spiro atoms. The van der Waals surface area contributed by atoms with Crippen molar-refractivity contribution in [3.05, 3.63) is 16.7 Å². The molecule has 3 atom stereocenters. The molecule has 0 amide bonds. The third-order valence-corrected chi connectivity index (χ3v) is 4.74. The Morgan fingerprint density at radius 3 is 3.17 bits per heavy atom. The third-order valence-electron chi connectivity index (χ3n) is 2.78. The number of aromatic amines is 1. The predicted molar refractivity (Wildman–Crippen MR) is 78.7 cm³/mol. The maximum absolute atomic E-state index is 11.6. The van der Waals surface area contributed by atoms with Gasteiger partial charge in [-0.2, -0.15) is 4.98 Å². The van der Waals surface area contributed by atoms with Crippen LogP contribution in [0.1, 0.15) is 0 Å². The summed E-state index contributed by atoms with van der Waals surface area (Å²) in [5, 5.41) is 0. The highest BCUT2D eigenvalue weighted by molar-refractivity contribution is 7.54. The van der Waals surface area contributed by atoms with E-state index in [-0.39, 0.29) is 37.1 Å². The Labute approximate surface area is 131 Å². The van der Waals surface area contributed by atoms with Gasteiger partial charge in [-0.3, -0.25) is 14.3 Å². The average molecular weight is 365 g/mol. The number of ether oxygens (including phenoxy) is 1. The number of nitrogens with zero attached hydrogens (tertiary/aromatic N) is 3. The van der Waals surface area contributed by atoms with Gasteiger partial charge < -0.3 is 29.3 Å². The van der Waals surface area contributed by atoms with E-state index in [0.717, 1.165) is 0 Å². The van der Waals surface area contributed by atoms with Gasteiger partial charge >= 0.3 is 17.2 Å². The van der Waals surface area contributed by atoms with Crippen molar-refractivity contribution in [1.82, 2.24) is 19.5 Å². The molecule has 0 aromatic carbocycles. The Bertz CT molecular complexity index is 739. The zero-order valence-electron chi connectivity index (χ0n) is 11.5. The molecule has 2 aromatic rings. The average Bonchev–Trinajstić information content (AvgIpc) is 2.79. The number of nitrogens with two attached hydrogens (primary N) is 1. The maximum atomic E-state index is 11.6. The lowest BCUT2D eigenvalue weighted by atomic mass is 10.4. The first-order valence-electron chi connectivity index (χ1n) is 6.27. The van der Waals surface area contributed by atoms with Gasteiger partial charge in [-0.05, 0) is 0 Å². The van der Waals surface area contributed by atoms with Gasteiger partial charge in [0, 0.05) is 0 Å². The van der Waals surface area contributed by atoms with E-state index in [4.69, 9.17) is 19.5 Å². The van der Waals surface area contributed by atoms with Gasteiger partial charge in [0.2, 0.25) is 5.95 Å². The minimum Gasteiger partial charge on any atom is -0.369 e. The fourth-order valence-electron chi connectivity index (χ4n) is 1.83. The van der Waals surface area contributed by atoms with Crippen LogP contribution in [0.3, 0.4) is 0 Å². The quantitative estimate of drug-likeness (QED) is 0.521. The minimum absolute atomic E-state index is 0.0111. The number of fused-ring (bicyclic) bond motifs is 1. The summed E-state index contributed by atoms with van der Waals surface area (Å²) in [5.74, 6) is -0.0240. The third kappa shape index (κ3) is 4.00. The first kappa shape index (κ1) is 16.6. The number of imidazole rings is 1. The van der Waals surface area contributed by atoms with E-state index < -0.39 is 28.9 Å². The monoisotopic (exact) mass is 365 g/mol. The number of hydrogen-bond donors (Lipinski definition) is 4. The molecule has 5 N–H and O–H groups in total. The molecule has 126 valence electrons. The van der Waals surface area contributed by atoms with Gasteiger partial charge in [-0.25, -0.2) is 9.29 Å². The summed E-state index contributed by atoms with van der Waals surface area (Å²) in [7, 11) is -4.36. The van der Waals surface area contributed by atoms with Gasteiger partial charge in [0.15, 0.2) is 11.2 Å². The highest BCUT2D eigenvalue weighted by atomic mass is 31.2. The molecule has 12 nitrogen and oxygen atoms in total. The fourth-order valence-corrected chi connectivity index (χ4v) is 3.32. The van der Waals surface area contributed by atoms with E-state index in [1.54, 1.807) is 0 Å². The molecular formula is C9H13N5O7P2. The highest BCUT2D eigenvalue weighted by Gasteiger charge is 2.27. The molecule has 3 unspecified atom stereocenters. The van der Waals surface area contributed by atoms with Crippen LogP contribution in [0, 0.1) is 0 Å². The van der Waals surface area contributed by atoms with E-state index in [0.29, 0.717) is 0 Å². The van der Waals surface area contributed by atoms with E-state index >= 15 is 0 Å². The second-order valence-electron chi connectivity index (χ2n) is 4.42. The van der Waals surface area contributed by atoms with Crippen molar-refractivity contribution < 1.29 is 27.9 Å². The smallest absolute Gasteiger partial charge is 0.337 e. The summed E-state index contributed by atoms with van der Waals surface area (Å²) >= 11 is 0. The zero-order chi connectivity index (χ0) is 16.4. The van der Waals surface area contributed by atoms with Crippen molar-refractivity contribution in [2.75, 3.05) is 18.9 Å².